The number of rotatable bonds is 11. The van der Waals surface area contributed by atoms with Crippen LogP contribution < -0.4 is 9.47 Å². The van der Waals surface area contributed by atoms with Gasteiger partial charge in [-0.2, -0.15) is 0 Å². The molecule has 0 unspecified atom stereocenters. The van der Waals surface area contributed by atoms with Crippen molar-refractivity contribution in [2.75, 3.05) is 26.4 Å². The molecule has 8 aromatic rings. The van der Waals surface area contributed by atoms with Crippen LogP contribution in [0.25, 0.3) is 40.3 Å². The van der Waals surface area contributed by atoms with E-state index in [4.69, 9.17) is 18.9 Å². The molecule has 370 valence electrons. The summed E-state index contributed by atoms with van der Waals surface area (Å²) in [4.78, 5) is 23.1. The van der Waals surface area contributed by atoms with Gasteiger partial charge in [0.25, 0.3) is 0 Å². The summed E-state index contributed by atoms with van der Waals surface area (Å²) in [6.07, 6.45) is 5.82. The second-order valence-corrected chi connectivity index (χ2v) is 21.9. The van der Waals surface area contributed by atoms with Crippen molar-refractivity contribution in [3.63, 3.8) is 0 Å². The number of halogens is 12. The van der Waals surface area contributed by atoms with Crippen LogP contribution >= 0.6 is 36.6 Å². The van der Waals surface area contributed by atoms with Gasteiger partial charge >= 0.3 is 77.9 Å². The summed E-state index contributed by atoms with van der Waals surface area (Å²) in [5.74, 6) is 0.382. The quantitative estimate of drug-likeness (QED) is 0.0423. The van der Waals surface area contributed by atoms with Crippen molar-refractivity contribution in [2.24, 2.45) is 12.5 Å². The molecule has 0 aliphatic rings. The average molecular weight is 1050 g/mol. The molecule has 22 heteroatoms. The number of ether oxygens (including phenoxy) is 4. The zero-order chi connectivity index (χ0) is 50.4. The van der Waals surface area contributed by atoms with Gasteiger partial charge in [0.15, 0.2) is 32.0 Å². The summed E-state index contributed by atoms with van der Waals surface area (Å²) in [6, 6.07) is 53.0. The molecular weight excluding hydrogens is 1000 g/mol. The molecule has 0 fully saturated rings. The fourth-order valence-electron chi connectivity index (χ4n) is 6.04. The molecule has 0 saturated heterocycles. The second kappa shape index (κ2) is 21.3. The summed E-state index contributed by atoms with van der Waals surface area (Å²) < 4.78 is 145. The largest absolute Gasteiger partial charge is 0.482 e. The van der Waals surface area contributed by atoms with Crippen LogP contribution in [0.1, 0.15) is 12.8 Å². The molecule has 6 aromatic carbocycles. The number of carbonyl (C=O) groups is 2. The van der Waals surface area contributed by atoms with Crippen LogP contribution in [-0.2, 0) is 31.6 Å². The number of hydrogen-bond acceptors (Lipinski definition) is 6. The minimum absolute atomic E-state index is 0.129. The van der Waals surface area contributed by atoms with Crippen LogP contribution in [0.2, 0.25) is 0 Å². The number of aryl methyl sites for hydroxylation is 2. The number of carbonyl (C=O) groups excluding carboxylic acids is 2. The fourth-order valence-corrected chi connectivity index (χ4v) is 9.68. The Kier molecular flexibility index (Phi) is 17.2. The van der Waals surface area contributed by atoms with Crippen molar-refractivity contribution < 1.29 is 78.9 Å². The van der Waals surface area contributed by atoms with E-state index in [2.05, 4.69) is 110 Å². The zero-order valence-corrected chi connectivity index (χ0v) is 39.4. The third-order valence-corrected chi connectivity index (χ3v) is 12.8. The average Bonchev–Trinajstić information content (AvgIpc) is 3.72. The third-order valence-electron chi connectivity index (χ3n) is 8.71. The first-order chi connectivity index (χ1) is 31.4. The van der Waals surface area contributed by atoms with Gasteiger partial charge in [0, 0.05) is 21.5 Å². The Labute approximate surface area is 387 Å². The van der Waals surface area contributed by atoms with Crippen molar-refractivity contribution in [1.29, 1.82) is 0 Å². The van der Waals surface area contributed by atoms with Gasteiger partial charge in [-0.15, -0.1) is 0 Å². The first-order valence-electron chi connectivity index (χ1n) is 19.9. The number of thiophene rings is 2. The van der Waals surface area contributed by atoms with Gasteiger partial charge in [-0.1, -0.05) is 84.9 Å². The molecule has 0 atom stereocenters. The van der Waals surface area contributed by atoms with Crippen molar-refractivity contribution in [3.05, 3.63) is 158 Å². The van der Waals surface area contributed by atoms with Gasteiger partial charge in [-0.05, 0) is 107 Å². The van der Waals surface area contributed by atoms with Crippen molar-refractivity contribution in [1.82, 2.24) is 0 Å². The van der Waals surface area contributed by atoms with Gasteiger partial charge in [-0.3, -0.25) is 0 Å². The molecule has 0 bridgehead atoms. The number of benzene rings is 6. The molecule has 2 heterocycles. The number of fused-ring (bicyclic) bond motifs is 6. The van der Waals surface area contributed by atoms with Gasteiger partial charge in [0.2, 0.25) is 0 Å². The first-order valence-corrected chi connectivity index (χ1v) is 27.2. The topological polar surface area (TPSA) is 71.1 Å². The van der Waals surface area contributed by atoms with Crippen molar-refractivity contribution in [3.8, 4) is 11.5 Å². The number of unbranched alkanes of at least 4 members (excludes halogenated alkanes) is 1. The maximum Gasteiger partial charge on any atom is 0.344 e. The van der Waals surface area contributed by atoms with Crippen molar-refractivity contribution >= 4 is 88.8 Å². The van der Waals surface area contributed by atoms with Crippen LogP contribution in [0.3, 0.4) is 0 Å². The number of esters is 2. The van der Waals surface area contributed by atoms with E-state index in [0.29, 0.717) is 24.3 Å². The van der Waals surface area contributed by atoms with Gasteiger partial charge in [0.1, 0.15) is 24.0 Å². The van der Waals surface area contributed by atoms with E-state index in [0.717, 1.165) is 0 Å². The maximum atomic E-state index is 11.5. The predicted octanol–water partition coefficient (Wildman–Crippen LogP) is 18.3. The molecule has 0 N–H and O–H groups in total. The normalized spacial score (nSPS) is 13.2. The molecule has 0 amide bonds. The molecular formula is C46H44F12O6P2S2. The molecule has 68 heavy (non-hydrogen) atoms. The van der Waals surface area contributed by atoms with Crippen LogP contribution in [0.15, 0.2) is 158 Å². The molecule has 0 saturated carbocycles. The minimum atomic E-state index is -10.7. The third kappa shape index (κ3) is 22.4. The standard InChI is InChI=1S/C20H22O6.2C13H11S.2F6P/c21-19(15-25-17-9-3-1-4-10-17)23-13-7-8-14-24-20(22)16-26-18-11-5-2-6-12-18;2*1-14-12-8-4-2-6-10(12)11-7-3-5-9-13(11)14;2*1-7(2,3,4,5)6/h1-6,9-12H,7-8,13-16H2;2*2-9H,1H3;;/q;2*+1;2*-1. The molecule has 6 nitrogen and oxygen atoms in total. The number of para-hydroxylation sites is 2. The Bertz CT molecular complexity index is 2590. The molecule has 0 aliphatic heterocycles. The van der Waals surface area contributed by atoms with Crippen LogP contribution in [-0.4, -0.2) is 38.4 Å². The molecule has 0 radical (unpaired) electrons. The van der Waals surface area contributed by atoms with Gasteiger partial charge in [-0.25, -0.2) is 9.59 Å². The Morgan fingerprint density at radius 2 is 0.603 bits per heavy atom. The summed E-state index contributed by atoms with van der Waals surface area (Å²) in [5, 5.41) is 5.70. The molecule has 2 aromatic heterocycles. The smallest absolute Gasteiger partial charge is 0.344 e. The SMILES string of the molecule is C[s+]1c2ccccc2c2ccccc21.C[s+]1c2ccccc2c2ccccc21.F[P-](F)(F)(F)(F)F.F[P-](F)(F)(F)(F)F.O=C(COc1ccccc1)OCCCCOC(=O)COc1ccccc1. The van der Waals surface area contributed by atoms with E-state index in [1.54, 1.807) is 24.3 Å². The fraction of sp³-hybridized carbons (Fsp3) is 0.174. The molecule has 0 spiro atoms. The van der Waals surface area contributed by atoms with Gasteiger partial charge < -0.3 is 18.9 Å². The number of hydrogen-bond donors (Lipinski definition) is 0. The summed E-state index contributed by atoms with van der Waals surface area (Å²) in [6.45, 7) is 0.260. The minimum Gasteiger partial charge on any atom is -0.482 e. The van der Waals surface area contributed by atoms with E-state index in [9.17, 15) is 60.0 Å². The monoisotopic (exact) mass is 1050 g/mol. The van der Waals surface area contributed by atoms with Crippen LogP contribution in [0.4, 0.5) is 50.4 Å². The first kappa shape index (κ1) is 54.9. The second-order valence-electron chi connectivity index (χ2n) is 14.3. The predicted molar refractivity (Wildman–Crippen MR) is 252 cm³/mol. The zero-order valence-electron chi connectivity index (χ0n) is 35.9. The van der Waals surface area contributed by atoms with Crippen LogP contribution in [0, 0.1) is 0 Å². The van der Waals surface area contributed by atoms with E-state index < -0.39 is 27.6 Å². The molecule has 8 rings (SSSR count). The van der Waals surface area contributed by atoms with E-state index in [1.807, 2.05) is 36.4 Å². The molecule has 0 aliphatic carbocycles. The van der Waals surface area contributed by atoms with Gasteiger partial charge in [0.05, 0.1) is 13.2 Å². The van der Waals surface area contributed by atoms with E-state index >= 15 is 0 Å². The van der Waals surface area contributed by atoms with E-state index in [-0.39, 0.29) is 47.4 Å². The maximum absolute atomic E-state index is 11.5. The Morgan fingerprint density at radius 3 is 0.853 bits per heavy atom. The van der Waals surface area contributed by atoms with E-state index in [1.165, 1.54) is 40.3 Å². The summed E-state index contributed by atoms with van der Waals surface area (Å²) >= 11 is 0. The summed E-state index contributed by atoms with van der Waals surface area (Å²) in [7, 11) is -20.8. The van der Waals surface area contributed by atoms with Crippen LogP contribution in [0.5, 0.6) is 11.5 Å². The van der Waals surface area contributed by atoms with Crippen molar-refractivity contribution in [2.45, 2.75) is 12.8 Å². The Hall–Kier alpha value is -5.68. The Morgan fingerprint density at radius 1 is 0.382 bits per heavy atom. The summed E-state index contributed by atoms with van der Waals surface area (Å²) in [5.41, 5.74) is 0. The Balaban J connectivity index is 0.000000203.